The number of aryl methyl sites for hydroxylation is 1. The molecule has 0 radical (unpaired) electrons. The van der Waals surface area contributed by atoms with Crippen LogP contribution in [0.1, 0.15) is 29.8 Å². The van der Waals surface area contributed by atoms with Crippen LogP contribution < -0.4 is 11.1 Å². The molecule has 1 aromatic carbocycles. The van der Waals surface area contributed by atoms with Gasteiger partial charge in [0.25, 0.3) is 0 Å². The third-order valence-electron chi connectivity index (χ3n) is 5.01. The lowest BCUT2D eigenvalue weighted by Crippen LogP contribution is -2.20. The maximum absolute atomic E-state index is 13.3. The molecule has 3 aromatic rings. The fourth-order valence-corrected chi connectivity index (χ4v) is 3.40. The molecule has 0 spiro atoms. The number of rotatable bonds is 6. The van der Waals surface area contributed by atoms with E-state index in [1.54, 1.807) is 22.9 Å². The van der Waals surface area contributed by atoms with Crippen LogP contribution in [0.3, 0.4) is 0 Å². The van der Waals surface area contributed by atoms with Gasteiger partial charge in [-0.1, -0.05) is 11.6 Å². The Balaban J connectivity index is 1.65. The largest absolute Gasteiger partial charge is 0.385 e. The Morgan fingerprint density at radius 2 is 1.93 bits per heavy atom. The SMILES string of the molecule is Cc1nn(-c2cc(N/C(N)=C(/C(=N)c3ccc(F)cc3)C3CC3)ncn2)c(C)c1Cl. The number of allylic oxidation sites excluding steroid dienone is 1. The molecule has 4 rings (SSSR count). The normalized spacial score (nSPS) is 14.4. The van der Waals surface area contributed by atoms with Crippen molar-refractivity contribution in [3.8, 4) is 5.82 Å². The Labute approximate surface area is 178 Å². The summed E-state index contributed by atoms with van der Waals surface area (Å²) in [5.41, 5.74) is 9.44. The standard InChI is InChI=1S/C21H21ClFN7/c1-11-19(22)12(2)30(29-11)17-9-16(26-10-27-17)28-21(25)18(13-3-4-13)20(24)14-5-7-15(23)8-6-14/h5-10,13,24H,3-4,25H2,1-2H3,(H,26,27,28)/b21-18+,24-20?. The van der Waals surface area contributed by atoms with Gasteiger partial charge in [0.05, 0.1) is 22.1 Å². The second-order valence-electron chi connectivity index (χ2n) is 7.27. The number of aromatic nitrogens is 4. The lowest BCUT2D eigenvalue weighted by molar-refractivity contribution is 0.628. The van der Waals surface area contributed by atoms with Crippen molar-refractivity contribution in [2.75, 3.05) is 5.32 Å². The highest BCUT2D eigenvalue weighted by atomic mass is 35.5. The molecule has 4 N–H and O–H groups in total. The first kappa shape index (κ1) is 20.0. The summed E-state index contributed by atoms with van der Waals surface area (Å²) in [4.78, 5) is 8.51. The van der Waals surface area contributed by atoms with Crippen molar-refractivity contribution in [3.05, 3.63) is 75.8 Å². The maximum Gasteiger partial charge on any atom is 0.159 e. The highest BCUT2D eigenvalue weighted by Gasteiger charge is 2.31. The minimum absolute atomic E-state index is 0.200. The van der Waals surface area contributed by atoms with E-state index < -0.39 is 0 Å². The number of nitrogens with two attached hydrogens (primary N) is 1. The van der Waals surface area contributed by atoms with E-state index in [4.69, 9.17) is 22.7 Å². The highest BCUT2D eigenvalue weighted by Crippen LogP contribution is 2.39. The Morgan fingerprint density at radius 1 is 1.23 bits per heavy atom. The predicted octanol–water partition coefficient (Wildman–Crippen LogP) is 4.13. The van der Waals surface area contributed by atoms with Crippen LogP contribution >= 0.6 is 11.6 Å². The van der Waals surface area contributed by atoms with Crippen LogP contribution in [0.5, 0.6) is 0 Å². The van der Waals surface area contributed by atoms with Crippen molar-refractivity contribution >= 4 is 23.1 Å². The van der Waals surface area contributed by atoms with Crippen molar-refractivity contribution in [2.45, 2.75) is 26.7 Å². The Bertz CT molecular complexity index is 1150. The van der Waals surface area contributed by atoms with Gasteiger partial charge in [-0.05, 0) is 56.9 Å². The summed E-state index contributed by atoms with van der Waals surface area (Å²) in [6.45, 7) is 3.69. The molecular weight excluding hydrogens is 405 g/mol. The van der Waals surface area contributed by atoms with E-state index in [0.29, 0.717) is 39.3 Å². The molecule has 2 aromatic heterocycles. The molecule has 154 valence electrons. The third-order valence-corrected chi connectivity index (χ3v) is 5.56. The smallest absolute Gasteiger partial charge is 0.159 e. The summed E-state index contributed by atoms with van der Waals surface area (Å²) >= 11 is 6.24. The first-order valence-corrected chi connectivity index (χ1v) is 9.88. The molecule has 0 bridgehead atoms. The van der Waals surface area contributed by atoms with E-state index in [-0.39, 0.29) is 17.4 Å². The van der Waals surface area contributed by atoms with E-state index in [9.17, 15) is 4.39 Å². The average molecular weight is 426 g/mol. The van der Waals surface area contributed by atoms with Gasteiger partial charge in [-0.15, -0.1) is 0 Å². The van der Waals surface area contributed by atoms with E-state index in [1.165, 1.54) is 18.5 Å². The van der Waals surface area contributed by atoms with Gasteiger partial charge in [0, 0.05) is 17.2 Å². The summed E-state index contributed by atoms with van der Waals surface area (Å²) in [6.07, 6.45) is 3.33. The zero-order valence-electron chi connectivity index (χ0n) is 16.6. The Kier molecular flexibility index (Phi) is 5.26. The monoisotopic (exact) mass is 425 g/mol. The summed E-state index contributed by atoms with van der Waals surface area (Å²) < 4.78 is 14.9. The fourth-order valence-electron chi connectivity index (χ4n) is 3.29. The van der Waals surface area contributed by atoms with Crippen LogP contribution in [0.15, 0.2) is 48.1 Å². The van der Waals surface area contributed by atoms with E-state index in [0.717, 1.165) is 18.5 Å². The molecule has 0 amide bonds. The van der Waals surface area contributed by atoms with Crippen LogP contribution in [-0.2, 0) is 0 Å². The van der Waals surface area contributed by atoms with E-state index in [2.05, 4.69) is 20.4 Å². The number of benzene rings is 1. The van der Waals surface area contributed by atoms with Gasteiger partial charge in [-0.3, -0.25) is 5.41 Å². The van der Waals surface area contributed by atoms with E-state index in [1.807, 2.05) is 13.8 Å². The molecule has 0 atom stereocenters. The molecule has 9 heteroatoms. The third kappa shape index (κ3) is 3.91. The maximum atomic E-state index is 13.3. The molecule has 0 aliphatic heterocycles. The molecule has 2 heterocycles. The molecule has 1 aliphatic rings. The quantitative estimate of drug-likeness (QED) is 0.515. The van der Waals surface area contributed by atoms with Gasteiger partial charge in [0.1, 0.15) is 23.8 Å². The zero-order chi connectivity index (χ0) is 21.4. The van der Waals surface area contributed by atoms with Crippen LogP contribution in [-0.4, -0.2) is 25.5 Å². The number of nitrogens with one attached hydrogen (secondary N) is 2. The summed E-state index contributed by atoms with van der Waals surface area (Å²) in [5.74, 6) is 1.24. The summed E-state index contributed by atoms with van der Waals surface area (Å²) in [6, 6.07) is 7.57. The van der Waals surface area contributed by atoms with Gasteiger partial charge in [-0.25, -0.2) is 19.0 Å². The molecule has 1 fully saturated rings. The summed E-state index contributed by atoms with van der Waals surface area (Å²) in [5, 5.41) is 16.7. The molecule has 30 heavy (non-hydrogen) atoms. The molecule has 7 nitrogen and oxygen atoms in total. The van der Waals surface area contributed by atoms with Crippen molar-refractivity contribution in [2.24, 2.45) is 11.7 Å². The van der Waals surface area contributed by atoms with Crippen molar-refractivity contribution in [1.29, 1.82) is 5.41 Å². The van der Waals surface area contributed by atoms with Crippen LogP contribution in [0, 0.1) is 31.0 Å². The number of anilines is 1. The molecule has 1 aliphatic carbocycles. The summed E-state index contributed by atoms with van der Waals surface area (Å²) in [7, 11) is 0. The van der Waals surface area contributed by atoms with Crippen molar-refractivity contribution in [3.63, 3.8) is 0 Å². The minimum atomic E-state index is -0.340. The molecule has 1 saturated carbocycles. The van der Waals surface area contributed by atoms with Gasteiger partial charge < -0.3 is 11.1 Å². The lowest BCUT2D eigenvalue weighted by atomic mass is 9.98. The lowest BCUT2D eigenvalue weighted by Gasteiger charge is -2.15. The Hall–Kier alpha value is -3.26. The van der Waals surface area contributed by atoms with Crippen LogP contribution in [0.4, 0.5) is 10.2 Å². The fraction of sp³-hybridized carbons (Fsp3) is 0.238. The molecule has 0 unspecified atom stereocenters. The van der Waals surface area contributed by atoms with Crippen LogP contribution in [0.25, 0.3) is 5.82 Å². The highest BCUT2D eigenvalue weighted by molar-refractivity contribution is 6.31. The number of hydrogen-bond acceptors (Lipinski definition) is 6. The number of halogens is 2. The molecular formula is C21H21ClFN7. The minimum Gasteiger partial charge on any atom is -0.385 e. The second kappa shape index (κ2) is 7.87. The van der Waals surface area contributed by atoms with Crippen molar-refractivity contribution in [1.82, 2.24) is 19.7 Å². The molecule has 0 saturated heterocycles. The number of nitrogens with zero attached hydrogens (tertiary/aromatic N) is 4. The average Bonchev–Trinajstić information content (AvgIpc) is 3.52. The number of hydrogen-bond donors (Lipinski definition) is 3. The second-order valence-corrected chi connectivity index (χ2v) is 7.64. The van der Waals surface area contributed by atoms with Crippen molar-refractivity contribution < 1.29 is 4.39 Å². The van der Waals surface area contributed by atoms with Crippen LogP contribution in [0.2, 0.25) is 5.02 Å². The first-order chi connectivity index (χ1) is 14.3. The van der Waals surface area contributed by atoms with E-state index >= 15 is 0 Å². The zero-order valence-corrected chi connectivity index (χ0v) is 17.3. The topological polar surface area (TPSA) is 106 Å². The first-order valence-electron chi connectivity index (χ1n) is 9.50. The van der Waals surface area contributed by atoms with Gasteiger partial charge in [-0.2, -0.15) is 5.10 Å². The predicted molar refractivity (Wildman–Crippen MR) is 114 cm³/mol. The Morgan fingerprint density at radius 3 is 2.53 bits per heavy atom. The van der Waals surface area contributed by atoms with Gasteiger partial charge >= 0.3 is 0 Å². The van der Waals surface area contributed by atoms with Gasteiger partial charge in [0.15, 0.2) is 5.82 Å². The van der Waals surface area contributed by atoms with Gasteiger partial charge in [0.2, 0.25) is 0 Å².